The predicted octanol–water partition coefficient (Wildman–Crippen LogP) is 1.77. The van der Waals surface area contributed by atoms with Gasteiger partial charge in [0.25, 0.3) is 0 Å². The molecular formula is C13H18Cl2N2O2. The highest BCUT2D eigenvalue weighted by Crippen LogP contribution is 2.27. The SMILES string of the molecule is NC(CO)CCN1CC(Oc2ccc(Cl)c(Cl)c2)C1. The molecule has 0 radical (unpaired) electrons. The first-order valence-electron chi connectivity index (χ1n) is 6.29. The summed E-state index contributed by atoms with van der Waals surface area (Å²) in [5.74, 6) is 0.742. The lowest BCUT2D eigenvalue weighted by atomic mass is 10.1. The molecule has 1 aromatic carbocycles. The number of rotatable bonds is 6. The van der Waals surface area contributed by atoms with Crippen molar-refractivity contribution in [3.63, 3.8) is 0 Å². The molecule has 1 fully saturated rings. The first kappa shape index (κ1) is 14.9. The first-order valence-corrected chi connectivity index (χ1v) is 7.04. The van der Waals surface area contributed by atoms with Gasteiger partial charge in [0, 0.05) is 31.7 Å². The van der Waals surface area contributed by atoms with Gasteiger partial charge in [0.2, 0.25) is 0 Å². The standard InChI is InChI=1S/C13H18Cl2N2O2/c14-12-2-1-10(5-13(12)15)19-11-6-17(7-11)4-3-9(16)8-18/h1-2,5,9,11,18H,3-4,6-8,16H2. The number of likely N-dealkylation sites (tertiary alicyclic amines) is 1. The molecule has 2 rings (SSSR count). The molecule has 1 heterocycles. The highest BCUT2D eigenvalue weighted by Gasteiger charge is 2.28. The van der Waals surface area contributed by atoms with Crippen LogP contribution in [0.5, 0.6) is 5.75 Å². The molecule has 0 amide bonds. The van der Waals surface area contributed by atoms with Gasteiger partial charge in [-0.15, -0.1) is 0 Å². The third kappa shape index (κ3) is 4.23. The van der Waals surface area contributed by atoms with Gasteiger partial charge in [-0.1, -0.05) is 23.2 Å². The van der Waals surface area contributed by atoms with E-state index in [9.17, 15) is 0 Å². The summed E-state index contributed by atoms with van der Waals surface area (Å²) in [6.07, 6.45) is 0.985. The second-order valence-electron chi connectivity index (χ2n) is 4.81. The largest absolute Gasteiger partial charge is 0.488 e. The van der Waals surface area contributed by atoms with Gasteiger partial charge in [0.15, 0.2) is 0 Å². The smallest absolute Gasteiger partial charge is 0.124 e. The molecule has 1 aliphatic rings. The molecule has 0 aliphatic carbocycles. The van der Waals surface area contributed by atoms with E-state index in [0.717, 1.165) is 31.8 Å². The maximum atomic E-state index is 8.84. The second-order valence-corrected chi connectivity index (χ2v) is 5.62. The van der Waals surface area contributed by atoms with Crippen LogP contribution in [-0.4, -0.2) is 48.4 Å². The third-order valence-corrected chi connectivity index (χ3v) is 3.91. The Balaban J connectivity index is 1.71. The lowest BCUT2D eigenvalue weighted by molar-refractivity contribution is 0.0174. The van der Waals surface area contributed by atoms with Crippen LogP contribution >= 0.6 is 23.2 Å². The summed E-state index contributed by atoms with van der Waals surface area (Å²) in [5.41, 5.74) is 5.65. The normalized spacial score (nSPS) is 18.1. The number of halogens is 2. The van der Waals surface area contributed by atoms with Gasteiger partial charge < -0.3 is 15.6 Å². The van der Waals surface area contributed by atoms with E-state index in [0.29, 0.717) is 10.0 Å². The van der Waals surface area contributed by atoms with Crippen LogP contribution in [0, 0.1) is 0 Å². The molecule has 4 nitrogen and oxygen atoms in total. The Kier molecular flexibility index (Phi) is 5.30. The van der Waals surface area contributed by atoms with Gasteiger partial charge in [-0.2, -0.15) is 0 Å². The first-order chi connectivity index (χ1) is 9.08. The van der Waals surface area contributed by atoms with Crippen molar-refractivity contribution in [2.24, 2.45) is 5.73 Å². The summed E-state index contributed by atoms with van der Waals surface area (Å²) in [5, 5.41) is 9.88. The quantitative estimate of drug-likeness (QED) is 0.841. The Bertz CT molecular complexity index is 425. The van der Waals surface area contributed by atoms with Crippen LogP contribution in [0.3, 0.4) is 0 Å². The van der Waals surface area contributed by atoms with Crippen molar-refractivity contribution < 1.29 is 9.84 Å². The zero-order valence-corrected chi connectivity index (χ0v) is 12.1. The summed E-state index contributed by atoms with van der Waals surface area (Å²) in [6, 6.07) is 5.15. The van der Waals surface area contributed by atoms with E-state index < -0.39 is 0 Å². The molecule has 0 spiro atoms. The van der Waals surface area contributed by atoms with Crippen molar-refractivity contribution in [1.29, 1.82) is 0 Å². The fourth-order valence-electron chi connectivity index (χ4n) is 1.96. The average molecular weight is 305 g/mol. The van der Waals surface area contributed by atoms with Crippen molar-refractivity contribution in [2.75, 3.05) is 26.2 Å². The molecule has 0 bridgehead atoms. The van der Waals surface area contributed by atoms with Crippen LogP contribution in [0.15, 0.2) is 18.2 Å². The number of benzene rings is 1. The summed E-state index contributed by atoms with van der Waals surface area (Å²) in [7, 11) is 0. The van der Waals surface area contributed by atoms with Gasteiger partial charge in [-0.3, -0.25) is 4.90 Å². The summed E-state index contributed by atoms with van der Waals surface area (Å²) in [6.45, 7) is 2.68. The van der Waals surface area contributed by atoms with Crippen molar-refractivity contribution in [3.8, 4) is 5.75 Å². The second kappa shape index (κ2) is 6.77. The number of hydrogen-bond donors (Lipinski definition) is 2. The molecular weight excluding hydrogens is 287 g/mol. The summed E-state index contributed by atoms with van der Waals surface area (Å²) >= 11 is 11.8. The molecule has 1 saturated heterocycles. The molecule has 6 heteroatoms. The molecule has 1 aliphatic heterocycles. The average Bonchev–Trinajstić information content (AvgIpc) is 2.35. The Morgan fingerprint density at radius 3 is 2.74 bits per heavy atom. The molecule has 1 aromatic rings. The highest BCUT2D eigenvalue weighted by molar-refractivity contribution is 6.42. The zero-order chi connectivity index (χ0) is 13.8. The minimum absolute atomic E-state index is 0.0387. The molecule has 1 atom stereocenters. The van der Waals surface area contributed by atoms with Crippen LogP contribution in [0.1, 0.15) is 6.42 Å². The highest BCUT2D eigenvalue weighted by atomic mass is 35.5. The molecule has 3 N–H and O–H groups in total. The van der Waals surface area contributed by atoms with E-state index in [1.807, 2.05) is 6.07 Å². The van der Waals surface area contributed by atoms with E-state index in [1.165, 1.54) is 0 Å². The van der Waals surface area contributed by atoms with Crippen LogP contribution in [0.2, 0.25) is 10.0 Å². The van der Waals surface area contributed by atoms with Gasteiger partial charge >= 0.3 is 0 Å². The number of nitrogens with two attached hydrogens (primary N) is 1. The van der Waals surface area contributed by atoms with Crippen LogP contribution in [0.4, 0.5) is 0 Å². The van der Waals surface area contributed by atoms with E-state index in [4.69, 9.17) is 38.8 Å². The predicted molar refractivity (Wildman–Crippen MR) is 77.0 cm³/mol. The number of nitrogens with zero attached hydrogens (tertiary/aromatic N) is 1. The van der Waals surface area contributed by atoms with Gasteiger partial charge in [-0.05, 0) is 18.6 Å². The Morgan fingerprint density at radius 2 is 2.11 bits per heavy atom. The fraction of sp³-hybridized carbons (Fsp3) is 0.538. The van der Waals surface area contributed by atoms with Crippen LogP contribution in [-0.2, 0) is 0 Å². The molecule has 0 aromatic heterocycles. The number of aliphatic hydroxyl groups is 1. The number of hydrogen-bond acceptors (Lipinski definition) is 4. The summed E-state index contributed by atoms with van der Waals surface area (Å²) < 4.78 is 5.78. The van der Waals surface area contributed by atoms with E-state index in [2.05, 4.69) is 4.90 Å². The van der Waals surface area contributed by atoms with Crippen molar-refractivity contribution >= 4 is 23.2 Å². The maximum absolute atomic E-state index is 8.84. The number of ether oxygens (including phenoxy) is 1. The molecule has 0 saturated carbocycles. The fourth-order valence-corrected chi connectivity index (χ4v) is 2.25. The lowest BCUT2D eigenvalue weighted by Gasteiger charge is -2.39. The van der Waals surface area contributed by atoms with Crippen LogP contribution in [0.25, 0.3) is 0 Å². The van der Waals surface area contributed by atoms with E-state index >= 15 is 0 Å². The topological polar surface area (TPSA) is 58.7 Å². The van der Waals surface area contributed by atoms with Crippen molar-refractivity contribution in [3.05, 3.63) is 28.2 Å². The lowest BCUT2D eigenvalue weighted by Crippen LogP contribution is -2.54. The Labute approximate surface area is 123 Å². The van der Waals surface area contributed by atoms with Gasteiger partial charge in [0.05, 0.1) is 16.7 Å². The Morgan fingerprint density at radius 1 is 1.37 bits per heavy atom. The monoisotopic (exact) mass is 304 g/mol. The van der Waals surface area contributed by atoms with Gasteiger partial charge in [-0.25, -0.2) is 0 Å². The van der Waals surface area contributed by atoms with E-state index in [-0.39, 0.29) is 18.8 Å². The van der Waals surface area contributed by atoms with Crippen molar-refractivity contribution in [1.82, 2.24) is 4.90 Å². The van der Waals surface area contributed by atoms with Crippen molar-refractivity contribution in [2.45, 2.75) is 18.6 Å². The maximum Gasteiger partial charge on any atom is 0.124 e. The number of aliphatic hydroxyl groups excluding tert-OH is 1. The minimum atomic E-state index is -0.130. The van der Waals surface area contributed by atoms with Gasteiger partial charge in [0.1, 0.15) is 11.9 Å². The minimum Gasteiger partial charge on any atom is -0.488 e. The van der Waals surface area contributed by atoms with Crippen LogP contribution < -0.4 is 10.5 Å². The van der Waals surface area contributed by atoms with E-state index in [1.54, 1.807) is 12.1 Å². The zero-order valence-electron chi connectivity index (χ0n) is 10.6. The Hall–Kier alpha value is -0.520. The summed E-state index contributed by atoms with van der Waals surface area (Å²) in [4.78, 5) is 2.25. The molecule has 1 unspecified atom stereocenters. The third-order valence-electron chi connectivity index (χ3n) is 3.17. The molecule has 106 valence electrons. The molecule has 19 heavy (non-hydrogen) atoms.